The summed E-state index contributed by atoms with van der Waals surface area (Å²) in [6.45, 7) is 2.37. The summed E-state index contributed by atoms with van der Waals surface area (Å²) in [5, 5.41) is 10.9. The average molecular weight is 131 g/mol. The Labute approximate surface area is 55.1 Å². The van der Waals surface area contributed by atoms with Gasteiger partial charge < -0.3 is 10.4 Å². The van der Waals surface area contributed by atoms with Crippen LogP contribution in [-0.2, 0) is 4.79 Å². The van der Waals surface area contributed by atoms with Crippen molar-refractivity contribution in [1.82, 2.24) is 5.32 Å². The molecule has 0 bridgehead atoms. The fourth-order valence-electron chi connectivity index (χ4n) is 0.501. The third kappa shape index (κ3) is 7.43. The molecule has 0 saturated heterocycles. The quantitative estimate of drug-likeness (QED) is 0.523. The molecule has 0 saturated carbocycles. The Balaban J connectivity index is 2.83. The van der Waals surface area contributed by atoms with Crippen LogP contribution in [0.2, 0.25) is 0 Å². The molecule has 3 heteroatoms. The van der Waals surface area contributed by atoms with Crippen molar-refractivity contribution >= 4 is 5.91 Å². The van der Waals surface area contributed by atoms with Crippen LogP contribution in [0.15, 0.2) is 0 Å². The number of rotatable bonds is 4. The predicted octanol–water partition coefficient (Wildman–Crippen LogP) is -0.105. The van der Waals surface area contributed by atoms with Gasteiger partial charge in [-0.05, 0) is 12.8 Å². The molecule has 3 nitrogen and oxygen atoms in total. The fraction of sp³-hybridized carbons (Fsp3) is 0.833. The van der Waals surface area contributed by atoms with Gasteiger partial charge in [-0.15, -0.1) is 0 Å². The molecule has 0 atom stereocenters. The Morgan fingerprint density at radius 1 is 1.56 bits per heavy atom. The molecular formula is C6H13NO2. The monoisotopic (exact) mass is 131 g/mol. The van der Waals surface area contributed by atoms with E-state index in [0.29, 0.717) is 6.54 Å². The van der Waals surface area contributed by atoms with Crippen molar-refractivity contribution in [2.24, 2.45) is 0 Å². The van der Waals surface area contributed by atoms with Crippen molar-refractivity contribution in [2.75, 3.05) is 13.2 Å². The minimum atomic E-state index is -0.00654. The number of nitrogens with one attached hydrogen (secondary N) is 1. The molecule has 0 aliphatic carbocycles. The highest BCUT2D eigenvalue weighted by Gasteiger charge is 1.88. The van der Waals surface area contributed by atoms with Crippen LogP contribution in [0.4, 0.5) is 0 Å². The van der Waals surface area contributed by atoms with Gasteiger partial charge in [0.1, 0.15) is 0 Å². The highest BCUT2D eigenvalue weighted by atomic mass is 16.2. The number of carbonyl (C=O) groups is 1. The molecule has 0 aromatic heterocycles. The molecule has 0 heterocycles. The number of aliphatic hydroxyl groups is 1. The van der Waals surface area contributed by atoms with Gasteiger partial charge in [0.15, 0.2) is 0 Å². The molecular weight excluding hydrogens is 118 g/mol. The number of amides is 1. The summed E-state index contributed by atoms with van der Waals surface area (Å²) in [7, 11) is 0. The minimum absolute atomic E-state index is 0.00654. The standard InChI is InChI=1S/C6H13NO2/c1-6(9)7-4-2-3-5-8/h8H,2-5H2,1H3,(H,7,9). The van der Waals surface area contributed by atoms with Gasteiger partial charge in [-0.3, -0.25) is 4.79 Å². The Morgan fingerprint density at radius 3 is 2.67 bits per heavy atom. The average Bonchev–Trinajstić information content (AvgIpc) is 1.80. The first-order chi connectivity index (χ1) is 4.27. The summed E-state index contributed by atoms with van der Waals surface area (Å²) in [5.41, 5.74) is 0. The first-order valence-corrected chi connectivity index (χ1v) is 3.12. The van der Waals surface area contributed by atoms with Crippen LogP contribution < -0.4 is 5.32 Å². The lowest BCUT2D eigenvalue weighted by Gasteiger charge is -1.98. The van der Waals surface area contributed by atoms with E-state index in [9.17, 15) is 4.79 Å². The third-order valence-electron chi connectivity index (χ3n) is 0.959. The maximum atomic E-state index is 10.2. The number of hydrogen-bond donors (Lipinski definition) is 2. The Kier molecular flexibility index (Phi) is 5.21. The molecule has 2 N–H and O–H groups in total. The SMILES string of the molecule is CC(=O)NCCCCO. The summed E-state index contributed by atoms with van der Waals surface area (Å²) < 4.78 is 0. The van der Waals surface area contributed by atoms with Crippen LogP contribution in [0.25, 0.3) is 0 Å². The minimum Gasteiger partial charge on any atom is -0.396 e. The number of carbonyl (C=O) groups excluding carboxylic acids is 1. The second kappa shape index (κ2) is 5.56. The van der Waals surface area contributed by atoms with Crippen molar-refractivity contribution in [3.05, 3.63) is 0 Å². The first kappa shape index (κ1) is 8.43. The van der Waals surface area contributed by atoms with E-state index in [2.05, 4.69) is 5.32 Å². The summed E-state index contributed by atoms with van der Waals surface area (Å²) in [5.74, 6) is -0.00654. The Morgan fingerprint density at radius 2 is 2.22 bits per heavy atom. The Hall–Kier alpha value is -0.570. The van der Waals surface area contributed by atoms with E-state index in [1.54, 1.807) is 0 Å². The van der Waals surface area contributed by atoms with Crippen LogP contribution >= 0.6 is 0 Å². The van der Waals surface area contributed by atoms with E-state index < -0.39 is 0 Å². The Bertz CT molecular complexity index is 83.1. The highest BCUT2D eigenvalue weighted by molar-refractivity contribution is 5.72. The van der Waals surface area contributed by atoms with Crippen molar-refractivity contribution in [3.8, 4) is 0 Å². The van der Waals surface area contributed by atoms with Gasteiger partial charge in [0.05, 0.1) is 0 Å². The summed E-state index contributed by atoms with van der Waals surface area (Å²) in [6.07, 6.45) is 1.62. The fourth-order valence-corrected chi connectivity index (χ4v) is 0.501. The number of hydrogen-bond acceptors (Lipinski definition) is 2. The van der Waals surface area contributed by atoms with Gasteiger partial charge in [-0.1, -0.05) is 0 Å². The molecule has 1 amide bonds. The van der Waals surface area contributed by atoms with E-state index in [4.69, 9.17) is 5.11 Å². The third-order valence-corrected chi connectivity index (χ3v) is 0.959. The number of unbranched alkanes of at least 4 members (excludes halogenated alkanes) is 1. The summed E-state index contributed by atoms with van der Waals surface area (Å²) in [4.78, 5) is 10.2. The molecule has 0 spiro atoms. The number of aliphatic hydroxyl groups excluding tert-OH is 1. The second-order valence-electron chi connectivity index (χ2n) is 1.91. The van der Waals surface area contributed by atoms with Crippen LogP contribution in [0.5, 0.6) is 0 Å². The topological polar surface area (TPSA) is 49.3 Å². The molecule has 9 heavy (non-hydrogen) atoms. The maximum absolute atomic E-state index is 10.2. The van der Waals surface area contributed by atoms with Gasteiger partial charge in [-0.2, -0.15) is 0 Å². The van der Waals surface area contributed by atoms with Gasteiger partial charge in [-0.25, -0.2) is 0 Å². The molecule has 0 aromatic carbocycles. The molecule has 0 aromatic rings. The molecule has 0 fully saturated rings. The lowest BCUT2D eigenvalue weighted by atomic mass is 10.3. The molecule has 0 aliphatic heterocycles. The molecule has 0 radical (unpaired) electrons. The highest BCUT2D eigenvalue weighted by Crippen LogP contribution is 1.82. The smallest absolute Gasteiger partial charge is 0.216 e. The van der Waals surface area contributed by atoms with Crippen LogP contribution in [0, 0.1) is 0 Å². The van der Waals surface area contributed by atoms with E-state index in [1.165, 1.54) is 6.92 Å². The summed E-state index contributed by atoms with van der Waals surface area (Å²) >= 11 is 0. The zero-order valence-electron chi connectivity index (χ0n) is 5.68. The lowest BCUT2D eigenvalue weighted by Crippen LogP contribution is -2.20. The lowest BCUT2D eigenvalue weighted by molar-refractivity contribution is -0.118. The zero-order valence-corrected chi connectivity index (χ0v) is 5.68. The largest absolute Gasteiger partial charge is 0.396 e. The summed E-state index contributed by atoms with van der Waals surface area (Å²) in [6, 6.07) is 0. The van der Waals surface area contributed by atoms with Crippen molar-refractivity contribution in [3.63, 3.8) is 0 Å². The molecule has 0 aliphatic rings. The van der Waals surface area contributed by atoms with E-state index >= 15 is 0 Å². The van der Waals surface area contributed by atoms with Gasteiger partial charge in [0.25, 0.3) is 0 Å². The van der Waals surface area contributed by atoms with Crippen LogP contribution in [0.1, 0.15) is 19.8 Å². The van der Waals surface area contributed by atoms with E-state index in [0.717, 1.165) is 12.8 Å². The van der Waals surface area contributed by atoms with Gasteiger partial charge in [0.2, 0.25) is 5.91 Å². The van der Waals surface area contributed by atoms with Gasteiger partial charge >= 0.3 is 0 Å². The molecule has 0 rings (SSSR count). The normalized spacial score (nSPS) is 9.11. The van der Waals surface area contributed by atoms with Crippen molar-refractivity contribution < 1.29 is 9.90 Å². The van der Waals surface area contributed by atoms with Crippen molar-refractivity contribution in [2.45, 2.75) is 19.8 Å². The van der Waals surface area contributed by atoms with E-state index in [1.807, 2.05) is 0 Å². The second-order valence-corrected chi connectivity index (χ2v) is 1.91. The molecule has 54 valence electrons. The first-order valence-electron chi connectivity index (χ1n) is 3.12. The van der Waals surface area contributed by atoms with Crippen molar-refractivity contribution in [1.29, 1.82) is 0 Å². The zero-order chi connectivity index (χ0) is 7.11. The molecule has 0 unspecified atom stereocenters. The van der Waals surface area contributed by atoms with Crippen LogP contribution in [0.3, 0.4) is 0 Å². The van der Waals surface area contributed by atoms with Gasteiger partial charge in [0, 0.05) is 20.1 Å². The maximum Gasteiger partial charge on any atom is 0.216 e. The van der Waals surface area contributed by atoms with E-state index in [-0.39, 0.29) is 12.5 Å². The van der Waals surface area contributed by atoms with Crippen LogP contribution in [-0.4, -0.2) is 24.2 Å². The predicted molar refractivity (Wildman–Crippen MR) is 35.0 cm³/mol.